The van der Waals surface area contributed by atoms with E-state index in [0.29, 0.717) is 10.0 Å². The van der Waals surface area contributed by atoms with E-state index in [4.69, 9.17) is 23.2 Å². The van der Waals surface area contributed by atoms with Gasteiger partial charge in [-0.25, -0.2) is 9.97 Å². The molecule has 2 rings (SSSR count). The zero-order chi connectivity index (χ0) is 14.5. The Bertz CT molecular complexity index is 587. The monoisotopic (exact) mass is 309 g/mol. The number of halogens is 2. The van der Waals surface area contributed by atoms with Crippen molar-refractivity contribution in [1.82, 2.24) is 15.3 Å². The topological polar surface area (TPSA) is 37.8 Å². The number of aryl methyl sites for hydroxylation is 1. The van der Waals surface area contributed by atoms with Crippen LogP contribution in [0.3, 0.4) is 0 Å². The molecule has 0 bridgehead atoms. The summed E-state index contributed by atoms with van der Waals surface area (Å²) < 4.78 is 0. The molecule has 0 radical (unpaired) electrons. The number of aromatic nitrogens is 2. The number of hydrogen-bond acceptors (Lipinski definition) is 3. The van der Waals surface area contributed by atoms with Gasteiger partial charge in [0.15, 0.2) is 0 Å². The first-order valence-electron chi connectivity index (χ1n) is 6.60. The molecule has 0 saturated heterocycles. The van der Waals surface area contributed by atoms with E-state index in [1.54, 1.807) is 12.3 Å². The quantitative estimate of drug-likeness (QED) is 0.900. The lowest BCUT2D eigenvalue weighted by Gasteiger charge is -2.20. The first kappa shape index (κ1) is 15.2. The maximum atomic E-state index is 6.34. The van der Waals surface area contributed by atoms with Gasteiger partial charge >= 0.3 is 0 Å². The van der Waals surface area contributed by atoms with Gasteiger partial charge in [0.05, 0.1) is 21.8 Å². The molecule has 0 amide bonds. The van der Waals surface area contributed by atoms with Crippen molar-refractivity contribution in [3.8, 4) is 0 Å². The summed E-state index contributed by atoms with van der Waals surface area (Å²) in [7, 11) is 0. The minimum Gasteiger partial charge on any atom is -0.305 e. The molecule has 3 nitrogen and oxygen atoms in total. The summed E-state index contributed by atoms with van der Waals surface area (Å²) in [5.41, 5.74) is 1.83. The predicted octanol–water partition coefficient (Wildman–Crippen LogP) is 4.18. The summed E-state index contributed by atoms with van der Waals surface area (Å²) in [6, 6.07) is 7.48. The van der Waals surface area contributed by atoms with E-state index < -0.39 is 0 Å². The molecule has 0 aliphatic carbocycles. The van der Waals surface area contributed by atoms with Crippen LogP contribution in [0.4, 0.5) is 0 Å². The molecule has 1 heterocycles. The first-order chi connectivity index (χ1) is 9.63. The second kappa shape index (κ2) is 7.02. The molecule has 0 fully saturated rings. The van der Waals surface area contributed by atoms with E-state index in [-0.39, 0.29) is 6.04 Å². The van der Waals surface area contributed by atoms with Crippen molar-refractivity contribution in [2.45, 2.75) is 26.3 Å². The van der Waals surface area contributed by atoms with Gasteiger partial charge in [-0.3, -0.25) is 0 Å². The minimum absolute atomic E-state index is 0.0807. The number of nitrogens with zero attached hydrogens (tertiary/aromatic N) is 2. The van der Waals surface area contributed by atoms with Crippen molar-refractivity contribution in [3.05, 3.63) is 57.6 Å². The average Bonchev–Trinajstić information content (AvgIpc) is 2.44. The van der Waals surface area contributed by atoms with Crippen LogP contribution < -0.4 is 5.32 Å². The Labute approximate surface area is 129 Å². The third-order valence-corrected chi connectivity index (χ3v) is 3.82. The Morgan fingerprint density at radius 1 is 1.25 bits per heavy atom. The highest BCUT2D eigenvalue weighted by Crippen LogP contribution is 2.32. The van der Waals surface area contributed by atoms with Gasteiger partial charge in [0.25, 0.3) is 0 Å². The van der Waals surface area contributed by atoms with Crippen LogP contribution in [0, 0.1) is 6.92 Å². The van der Waals surface area contributed by atoms with Crippen LogP contribution in [-0.2, 0) is 0 Å². The lowest BCUT2D eigenvalue weighted by molar-refractivity contribution is 0.583. The van der Waals surface area contributed by atoms with E-state index in [1.165, 1.54) is 0 Å². The first-order valence-corrected chi connectivity index (χ1v) is 7.36. The van der Waals surface area contributed by atoms with Gasteiger partial charge in [-0.2, -0.15) is 0 Å². The molecule has 106 valence electrons. The van der Waals surface area contributed by atoms with Gasteiger partial charge in [-0.15, -0.1) is 0 Å². The molecular weight excluding hydrogens is 293 g/mol. The molecule has 0 aliphatic heterocycles. The Morgan fingerprint density at radius 2 is 2.05 bits per heavy atom. The van der Waals surface area contributed by atoms with Crippen LogP contribution in [0.5, 0.6) is 0 Å². The summed E-state index contributed by atoms with van der Waals surface area (Å²) in [5.74, 6) is 0.740. The number of benzene rings is 1. The second-order valence-electron chi connectivity index (χ2n) is 4.56. The Balaban J connectivity index is 2.44. The number of rotatable bonds is 5. The predicted molar refractivity (Wildman–Crippen MR) is 83.4 cm³/mol. The molecule has 0 saturated carbocycles. The molecule has 0 aliphatic rings. The maximum absolute atomic E-state index is 6.34. The van der Waals surface area contributed by atoms with Crippen molar-refractivity contribution < 1.29 is 0 Å². The van der Waals surface area contributed by atoms with Crippen LogP contribution in [-0.4, -0.2) is 16.5 Å². The lowest BCUT2D eigenvalue weighted by Crippen LogP contribution is -2.24. The zero-order valence-electron chi connectivity index (χ0n) is 11.5. The largest absolute Gasteiger partial charge is 0.305 e. The van der Waals surface area contributed by atoms with Gasteiger partial charge < -0.3 is 5.32 Å². The summed E-state index contributed by atoms with van der Waals surface area (Å²) in [5, 5.41) is 4.59. The highest BCUT2D eigenvalue weighted by atomic mass is 35.5. The third kappa shape index (κ3) is 3.48. The van der Waals surface area contributed by atoms with Gasteiger partial charge in [0.1, 0.15) is 5.82 Å². The van der Waals surface area contributed by atoms with Crippen molar-refractivity contribution in [1.29, 1.82) is 0 Å². The Hall–Kier alpha value is -1.16. The van der Waals surface area contributed by atoms with Gasteiger partial charge in [0.2, 0.25) is 0 Å². The Morgan fingerprint density at radius 3 is 2.75 bits per heavy atom. The molecule has 1 N–H and O–H groups in total. The van der Waals surface area contributed by atoms with E-state index in [2.05, 4.69) is 22.2 Å². The molecule has 1 atom stereocenters. The van der Waals surface area contributed by atoms with E-state index in [0.717, 1.165) is 30.0 Å². The van der Waals surface area contributed by atoms with Crippen molar-refractivity contribution >= 4 is 23.2 Å². The zero-order valence-corrected chi connectivity index (χ0v) is 13.0. The summed E-state index contributed by atoms with van der Waals surface area (Å²) in [4.78, 5) is 8.64. The fraction of sp³-hybridized carbons (Fsp3) is 0.333. The van der Waals surface area contributed by atoms with E-state index in [9.17, 15) is 0 Å². The van der Waals surface area contributed by atoms with Crippen LogP contribution in [0.2, 0.25) is 10.0 Å². The lowest BCUT2D eigenvalue weighted by atomic mass is 10.0. The fourth-order valence-electron chi connectivity index (χ4n) is 2.04. The fourth-order valence-corrected chi connectivity index (χ4v) is 2.46. The summed E-state index contributed by atoms with van der Waals surface area (Å²) in [6.07, 6.45) is 2.79. The van der Waals surface area contributed by atoms with Crippen LogP contribution in [0.25, 0.3) is 0 Å². The van der Waals surface area contributed by atoms with Crippen LogP contribution in [0.1, 0.15) is 36.5 Å². The summed E-state index contributed by atoms with van der Waals surface area (Å²) in [6.45, 7) is 4.87. The van der Waals surface area contributed by atoms with Crippen LogP contribution >= 0.6 is 23.2 Å². The maximum Gasteiger partial charge on any atom is 0.125 e. The van der Waals surface area contributed by atoms with E-state index in [1.807, 2.05) is 25.1 Å². The smallest absolute Gasteiger partial charge is 0.125 e. The Kier molecular flexibility index (Phi) is 5.35. The molecule has 0 spiro atoms. The molecule has 1 aromatic carbocycles. The van der Waals surface area contributed by atoms with Crippen molar-refractivity contribution in [3.63, 3.8) is 0 Å². The normalized spacial score (nSPS) is 12.4. The van der Waals surface area contributed by atoms with Crippen molar-refractivity contribution in [2.24, 2.45) is 0 Å². The molecule has 5 heteroatoms. The standard InChI is InChI=1S/C15H17Cl2N3/c1-3-8-19-15(13-7-9-18-10(2)20-13)11-5-4-6-12(16)14(11)17/h4-7,9,15,19H,3,8H2,1-2H3. The van der Waals surface area contributed by atoms with Crippen LogP contribution in [0.15, 0.2) is 30.5 Å². The SMILES string of the molecule is CCCNC(c1ccnc(C)n1)c1cccc(Cl)c1Cl. The average molecular weight is 310 g/mol. The minimum atomic E-state index is -0.0807. The van der Waals surface area contributed by atoms with Gasteiger partial charge in [0, 0.05) is 6.20 Å². The second-order valence-corrected chi connectivity index (χ2v) is 5.34. The molecule has 2 aromatic rings. The third-order valence-electron chi connectivity index (χ3n) is 2.98. The number of hydrogen-bond donors (Lipinski definition) is 1. The summed E-state index contributed by atoms with van der Waals surface area (Å²) >= 11 is 12.5. The number of nitrogens with one attached hydrogen (secondary N) is 1. The highest BCUT2D eigenvalue weighted by Gasteiger charge is 2.19. The van der Waals surface area contributed by atoms with Gasteiger partial charge in [-0.1, -0.05) is 42.3 Å². The molecule has 20 heavy (non-hydrogen) atoms. The van der Waals surface area contributed by atoms with E-state index >= 15 is 0 Å². The molecule has 1 aromatic heterocycles. The van der Waals surface area contributed by atoms with Crippen molar-refractivity contribution in [2.75, 3.05) is 6.54 Å². The molecule has 1 unspecified atom stereocenters. The molecular formula is C15H17Cl2N3. The highest BCUT2D eigenvalue weighted by molar-refractivity contribution is 6.42. The van der Waals surface area contributed by atoms with Gasteiger partial charge in [-0.05, 0) is 37.6 Å².